The van der Waals surface area contributed by atoms with Crippen molar-refractivity contribution in [1.29, 1.82) is 5.26 Å². The zero-order chi connectivity index (χ0) is 13.9. The van der Waals surface area contributed by atoms with E-state index < -0.39 is 11.7 Å². The van der Waals surface area contributed by atoms with Crippen molar-refractivity contribution in [3.05, 3.63) is 0 Å². The lowest BCUT2D eigenvalue weighted by Crippen LogP contribution is -2.49. The third-order valence-corrected chi connectivity index (χ3v) is 4.29. The van der Waals surface area contributed by atoms with Gasteiger partial charge in [-0.15, -0.1) is 0 Å². The number of nitriles is 1. The van der Waals surface area contributed by atoms with Crippen LogP contribution in [-0.2, 0) is 4.74 Å². The van der Waals surface area contributed by atoms with E-state index in [0.717, 1.165) is 12.8 Å². The van der Waals surface area contributed by atoms with Crippen LogP contribution in [0.3, 0.4) is 0 Å². The fraction of sp³-hybridized carbons (Fsp3) is 0.933. The van der Waals surface area contributed by atoms with Crippen molar-refractivity contribution in [2.24, 2.45) is 17.8 Å². The predicted octanol–water partition coefficient (Wildman–Crippen LogP) is 3.13. The Hall–Kier alpha value is -0.590. The van der Waals surface area contributed by atoms with Gasteiger partial charge in [0.25, 0.3) is 0 Å². The molecule has 0 bridgehead atoms. The maximum atomic E-state index is 9.65. The minimum atomic E-state index is -0.720. The molecule has 0 saturated heterocycles. The highest BCUT2D eigenvalue weighted by Crippen LogP contribution is 2.43. The Labute approximate surface area is 111 Å². The Kier molecular flexibility index (Phi) is 5.19. The highest BCUT2D eigenvalue weighted by atomic mass is 16.5. The number of nitrogens with zero attached hydrogens (tertiary/aromatic N) is 1. The fourth-order valence-corrected chi connectivity index (χ4v) is 3.06. The zero-order valence-corrected chi connectivity index (χ0v) is 12.3. The van der Waals surface area contributed by atoms with Gasteiger partial charge in [0.1, 0.15) is 0 Å². The number of hydrogen-bond donors (Lipinski definition) is 1. The summed E-state index contributed by atoms with van der Waals surface area (Å²) in [5.41, 5.74) is -0.720. The molecule has 1 rings (SSSR count). The fourth-order valence-electron chi connectivity index (χ4n) is 3.06. The summed E-state index contributed by atoms with van der Waals surface area (Å²) in [7, 11) is 0. The molecule has 3 heteroatoms. The third-order valence-electron chi connectivity index (χ3n) is 4.29. The first-order valence-electron chi connectivity index (χ1n) is 7.09. The Morgan fingerprint density at radius 3 is 2.33 bits per heavy atom. The van der Waals surface area contributed by atoms with Crippen molar-refractivity contribution >= 4 is 0 Å². The minimum absolute atomic E-state index is 0.264. The van der Waals surface area contributed by atoms with Gasteiger partial charge in [0, 0.05) is 5.92 Å². The van der Waals surface area contributed by atoms with Gasteiger partial charge >= 0.3 is 0 Å². The van der Waals surface area contributed by atoms with Gasteiger partial charge < -0.3 is 9.84 Å². The molecule has 1 N–H and O–H groups in total. The van der Waals surface area contributed by atoms with Gasteiger partial charge in [-0.3, -0.25) is 0 Å². The van der Waals surface area contributed by atoms with E-state index in [1.54, 1.807) is 6.92 Å². The van der Waals surface area contributed by atoms with Crippen molar-refractivity contribution in [2.45, 2.75) is 71.7 Å². The van der Waals surface area contributed by atoms with E-state index >= 15 is 0 Å². The molecule has 0 spiro atoms. The molecule has 0 aromatic heterocycles. The van der Waals surface area contributed by atoms with Crippen LogP contribution in [0.25, 0.3) is 0 Å². The topological polar surface area (TPSA) is 53.2 Å². The molecule has 5 unspecified atom stereocenters. The van der Waals surface area contributed by atoms with Crippen LogP contribution in [0.15, 0.2) is 0 Å². The van der Waals surface area contributed by atoms with E-state index in [1.807, 2.05) is 6.92 Å². The summed E-state index contributed by atoms with van der Waals surface area (Å²) in [5, 5.41) is 19.3. The van der Waals surface area contributed by atoms with E-state index in [4.69, 9.17) is 4.74 Å². The molecule has 1 saturated carbocycles. The van der Waals surface area contributed by atoms with E-state index in [9.17, 15) is 10.4 Å². The molecule has 0 aromatic carbocycles. The van der Waals surface area contributed by atoms with Gasteiger partial charge in [0.15, 0.2) is 5.60 Å². The lowest BCUT2D eigenvalue weighted by atomic mass is 9.67. The van der Waals surface area contributed by atoms with E-state index in [0.29, 0.717) is 11.8 Å². The summed E-state index contributed by atoms with van der Waals surface area (Å²) in [6.45, 7) is 10.1. The molecule has 18 heavy (non-hydrogen) atoms. The molecule has 104 valence electrons. The van der Waals surface area contributed by atoms with Crippen molar-refractivity contribution in [2.75, 3.05) is 0 Å². The number of ether oxygens (including phenoxy) is 1. The SMILES string of the molecule is CC1CCC(C(C)C)C(C#N)(OC(C)C(C)O)C1. The molecule has 0 radical (unpaired) electrons. The van der Waals surface area contributed by atoms with Crippen molar-refractivity contribution in [1.82, 2.24) is 0 Å². The van der Waals surface area contributed by atoms with Gasteiger partial charge in [-0.05, 0) is 38.5 Å². The second-order valence-corrected chi connectivity index (χ2v) is 6.30. The molecule has 1 fully saturated rings. The van der Waals surface area contributed by atoms with E-state index in [-0.39, 0.29) is 12.0 Å². The minimum Gasteiger partial charge on any atom is -0.391 e. The molecule has 0 aromatic rings. The summed E-state index contributed by atoms with van der Waals surface area (Å²) >= 11 is 0. The maximum Gasteiger partial charge on any atom is 0.157 e. The maximum absolute atomic E-state index is 9.65. The van der Waals surface area contributed by atoms with Crippen molar-refractivity contribution in [3.63, 3.8) is 0 Å². The number of aliphatic hydroxyl groups is 1. The predicted molar refractivity (Wildman–Crippen MR) is 71.9 cm³/mol. The quantitative estimate of drug-likeness (QED) is 0.837. The normalized spacial score (nSPS) is 36.1. The largest absolute Gasteiger partial charge is 0.391 e. The average molecular weight is 253 g/mol. The summed E-state index contributed by atoms with van der Waals surface area (Å²) in [4.78, 5) is 0. The third kappa shape index (κ3) is 3.24. The Morgan fingerprint density at radius 1 is 1.28 bits per heavy atom. The van der Waals surface area contributed by atoms with Crippen LogP contribution < -0.4 is 0 Å². The second-order valence-electron chi connectivity index (χ2n) is 6.30. The Balaban J connectivity index is 2.95. The van der Waals surface area contributed by atoms with Crippen LogP contribution in [0.2, 0.25) is 0 Å². The van der Waals surface area contributed by atoms with Crippen LogP contribution in [0.1, 0.15) is 53.9 Å². The highest BCUT2D eigenvalue weighted by Gasteiger charge is 2.47. The summed E-state index contributed by atoms with van der Waals surface area (Å²) < 4.78 is 6.02. The lowest BCUT2D eigenvalue weighted by Gasteiger charge is -2.45. The molecular formula is C15H27NO2. The number of rotatable bonds is 4. The summed E-state index contributed by atoms with van der Waals surface area (Å²) in [6.07, 6.45) is 2.15. The number of hydrogen-bond acceptors (Lipinski definition) is 3. The lowest BCUT2D eigenvalue weighted by molar-refractivity contribution is -0.149. The number of aliphatic hydroxyl groups excluding tert-OH is 1. The van der Waals surface area contributed by atoms with Crippen molar-refractivity contribution in [3.8, 4) is 6.07 Å². The van der Waals surface area contributed by atoms with E-state index in [2.05, 4.69) is 26.8 Å². The standard InChI is InChI=1S/C15H27NO2/c1-10(2)14-7-6-11(3)8-15(14,9-16)18-13(5)12(4)17/h10-14,17H,6-8H2,1-5H3. The van der Waals surface area contributed by atoms with E-state index in [1.165, 1.54) is 6.42 Å². The molecular weight excluding hydrogens is 226 g/mol. The van der Waals surface area contributed by atoms with Crippen LogP contribution >= 0.6 is 0 Å². The van der Waals surface area contributed by atoms with Gasteiger partial charge in [0.05, 0.1) is 18.3 Å². The molecule has 0 amide bonds. The van der Waals surface area contributed by atoms with Crippen molar-refractivity contribution < 1.29 is 9.84 Å². The smallest absolute Gasteiger partial charge is 0.157 e. The first-order chi connectivity index (χ1) is 8.32. The molecule has 0 heterocycles. The highest BCUT2D eigenvalue weighted by molar-refractivity contribution is 5.10. The second kappa shape index (κ2) is 6.04. The van der Waals surface area contributed by atoms with Gasteiger partial charge in [-0.1, -0.05) is 27.2 Å². The monoisotopic (exact) mass is 253 g/mol. The zero-order valence-electron chi connectivity index (χ0n) is 12.3. The first-order valence-corrected chi connectivity index (χ1v) is 7.09. The molecule has 0 aliphatic heterocycles. The molecule has 1 aliphatic rings. The van der Waals surface area contributed by atoms with Crippen LogP contribution in [0.4, 0.5) is 0 Å². The summed E-state index contributed by atoms with van der Waals surface area (Å²) in [6, 6.07) is 2.43. The van der Waals surface area contributed by atoms with Gasteiger partial charge in [-0.25, -0.2) is 0 Å². The Bertz CT molecular complexity index is 308. The van der Waals surface area contributed by atoms with Gasteiger partial charge in [-0.2, -0.15) is 5.26 Å². The Morgan fingerprint density at radius 2 is 1.89 bits per heavy atom. The molecule has 1 aliphatic carbocycles. The van der Waals surface area contributed by atoms with Crippen LogP contribution in [-0.4, -0.2) is 22.9 Å². The van der Waals surface area contributed by atoms with Gasteiger partial charge in [0.2, 0.25) is 0 Å². The van der Waals surface area contributed by atoms with Crippen LogP contribution in [0.5, 0.6) is 0 Å². The average Bonchev–Trinajstić information content (AvgIpc) is 2.28. The van der Waals surface area contributed by atoms with Crippen LogP contribution in [0, 0.1) is 29.1 Å². The molecule has 3 nitrogen and oxygen atoms in total. The first kappa shape index (κ1) is 15.5. The molecule has 5 atom stereocenters. The summed E-state index contributed by atoms with van der Waals surface area (Å²) in [5.74, 6) is 1.21.